The Morgan fingerprint density at radius 1 is 1.69 bits per heavy atom. The summed E-state index contributed by atoms with van der Waals surface area (Å²) < 4.78 is 24.2. The molecule has 0 aliphatic carbocycles. The molecule has 2 N–H and O–H groups in total. The predicted molar refractivity (Wildman–Crippen MR) is 56.6 cm³/mol. The number of hydrogen-bond donors (Lipinski definition) is 1. The summed E-state index contributed by atoms with van der Waals surface area (Å²) in [7, 11) is 1.27. The molecule has 0 aromatic carbocycles. The van der Waals surface area contributed by atoms with E-state index < -0.39 is 18.9 Å². The maximum absolute atomic E-state index is 12.1. The highest BCUT2D eigenvalue weighted by Crippen LogP contribution is 2.17. The molecule has 0 bridgehead atoms. The third kappa shape index (κ3) is 3.03. The molecule has 0 saturated carbocycles. The Labute approximate surface area is 96.0 Å². The standard InChI is InChI=1S/C9H10ClF2N3O/c1-15(4-8(11)12)9(16)5-2-7(10)14-3-6(5)13/h2-3,8H,4,13H2,1H3. The summed E-state index contributed by atoms with van der Waals surface area (Å²) in [6.45, 7) is -0.655. The minimum absolute atomic E-state index is 0.0724. The van der Waals surface area contributed by atoms with Crippen molar-refractivity contribution in [1.82, 2.24) is 9.88 Å². The van der Waals surface area contributed by atoms with Crippen molar-refractivity contribution in [1.29, 1.82) is 0 Å². The molecular weight excluding hydrogens is 240 g/mol. The van der Waals surface area contributed by atoms with E-state index in [2.05, 4.69) is 4.98 Å². The summed E-state index contributed by atoms with van der Waals surface area (Å²) in [4.78, 5) is 16.2. The average Bonchev–Trinajstić information content (AvgIpc) is 2.19. The number of pyridine rings is 1. The van der Waals surface area contributed by atoms with Gasteiger partial charge in [0.2, 0.25) is 0 Å². The monoisotopic (exact) mass is 249 g/mol. The van der Waals surface area contributed by atoms with E-state index in [1.54, 1.807) is 0 Å². The van der Waals surface area contributed by atoms with E-state index in [-0.39, 0.29) is 16.4 Å². The van der Waals surface area contributed by atoms with Gasteiger partial charge < -0.3 is 10.6 Å². The molecule has 1 aromatic heterocycles. The van der Waals surface area contributed by atoms with E-state index >= 15 is 0 Å². The number of alkyl halides is 2. The Morgan fingerprint density at radius 2 is 2.31 bits per heavy atom. The van der Waals surface area contributed by atoms with E-state index in [1.807, 2.05) is 0 Å². The van der Waals surface area contributed by atoms with Crippen molar-refractivity contribution in [3.63, 3.8) is 0 Å². The minimum atomic E-state index is -2.59. The minimum Gasteiger partial charge on any atom is -0.397 e. The Morgan fingerprint density at radius 3 is 2.88 bits per heavy atom. The van der Waals surface area contributed by atoms with E-state index in [4.69, 9.17) is 17.3 Å². The smallest absolute Gasteiger partial charge is 0.256 e. The number of nitrogen functional groups attached to an aromatic ring is 1. The number of nitrogens with zero attached hydrogens (tertiary/aromatic N) is 2. The normalized spacial score (nSPS) is 10.6. The quantitative estimate of drug-likeness (QED) is 0.829. The van der Waals surface area contributed by atoms with Gasteiger partial charge in [0, 0.05) is 7.05 Å². The Bertz CT molecular complexity index is 400. The highest BCUT2D eigenvalue weighted by Gasteiger charge is 2.18. The summed E-state index contributed by atoms with van der Waals surface area (Å²) >= 11 is 5.59. The zero-order chi connectivity index (χ0) is 12.3. The van der Waals surface area contributed by atoms with Crippen LogP contribution in [0.5, 0.6) is 0 Å². The van der Waals surface area contributed by atoms with Crippen LogP contribution in [0.15, 0.2) is 12.3 Å². The van der Waals surface area contributed by atoms with E-state index in [9.17, 15) is 13.6 Å². The van der Waals surface area contributed by atoms with E-state index in [1.165, 1.54) is 19.3 Å². The Kier molecular flexibility index (Phi) is 4.00. The van der Waals surface area contributed by atoms with E-state index in [0.717, 1.165) is 4.90 Å². The number of carbonyl (C=O) groups is 1. The first-order valence-electron chi connectivity index (χ1n) is 4.36. The summed E-state index contributed by atoms with van der Waals surface area (Å²) in [5.41, 5.74) is 5.68. The van der Waals surface area contributed by atoms with Gasteiger partial charge in [-0.3, -0.25) is 4.79 Å². The molecule has 0 atom stereocenters. The fraction of sp³-hybridized carbons (Fsp3) is 0.333. The lowest BCUT2D eigenvalue weighted by Gasteiger charge is -2.17. The lowest BCUT2D eigenvalue weighted by molar-refractivity contribution is 0.0621. The largest absolute Gasteiger partial charge is 0.397 e. The maximum atomic E-state index is 12.1. The van der Waals surface area contributed by atoms with Crippen molar-refractivity contribution in [2.75, 3.05) is 19.3 Å². The average molecular weight is 250 g/mol. The molecule has 0 unspecified atom stereocenters. The molecule has 0 fully saturated rings. The zero-order valence-corrected chi connectivity index (χ0v) is 9.21. The lowest BCUT2D eigenvalue weighted by Crippen LogP contribution is -2.31. The van der Waals surface area contributed by atoms with Crippen LogP contribution in [0.25, 0.3) is 0 Å². The first-order chi connectivity index (χ1) is 7.41. The highest BCUT2D eigenvalue weighted by atomic mass is 35.5. The van der Waals surface area contributed by atoms with Gasteiger partial charge in [-0.05, 0) is 6.07 Å². The summed E-state index contributed by atoms with van der Waals surface area (Å²) in [6.07, 6.45) is -1.38. The predicted octanol–water partition coefficient (Wildman–Crippen LogP) is 1.65. The van der Waals surface area contributed by atoms with Gasteiger partial charge in [0.15, 0.2) is 0 Å². The molecule has 1 amide bonds. The van der Waals surface area contributed by atoms with Crippen LogP contribution in [0.2, 0.25) is 5.15 Å². The fourth-order valence-electron chi connectivity index (χ4n) is 1.12. The van der Waals surface area contributed by atoms with Crippen LogP contribution in [-0.4, -0.2) is 35.8 Å². The lowest BCUT2D eigenvalue weighted by atomic mass is 10.2. The highest BCUT2D eigenvalue weighted by molar-refractivity contribution is 6.29. The number of anilines is 1. The number of halogens is 3. The van der Waals surface area contributed by atoms with Crippen molar-refractivity contribution in [3.05, 3.63) is 23.0 Å². The molecule has 0 spiro atoms. The van der Waals surface area contributed by atoms with Gasteiger partial charge in [0.25, 0.3) is 12.3 Å². The molecule has 7 heteroatoms. The van der Waals surface area contributed by atoms with Crippen molar-refractivity contribution in [3.8, 4) is 0 Å². The van der Waals surface area contributed by atoms with Gasteiger partial charge in [0.05, 0.1) is 24.0 Å². The van der Waals surface area contributed by atoms with Crippen LogP contribution in [0.3, 0.4) is 0 Å². The summed E-state index contributed by atoms with van der Waals surface area (Å²) in [5.74, 6) is -0.609. The number of nitrogens with two attached hydrogens (primary N) is 1. The first kappa shape index (κ1) is 12.6. The second kappa shape index (κ2) is 5.07. The molecule has 1 aromatic rings. The molecule has 16 heavy (non-hydrogen) atoms. The number of carbonyl (C=O) groups excluding carboxylic acids is 1. The van der Waals surface area contributed by atoms with Crippen LogP contribution in [-0.2, 0) is 0 Å². The summed E-state index contributed by atoms with van der Waals surface area (Å²) in [6, 6.07) is 1.25. The topological polar surface area (TPSA) is 59.2 Å². The summed E-state index contributed by atoms with van der Waals surface area (Å²) in [5, 5.41) is 0.0861. The van der Waals surface area contributed by atoms with Gasteiger partial charge in [0.1, 0.15) is 5.15 Å². The third-order valence-corrected chi connectivity index (χ3v) is 2.10. The van der Waals surface area contributed by atoms with Gasteiger partial charge in [-0.2, -0.15) is 0 Å². The number of rotatable bonds is 3. The van der Waals surface area contributed by atoms with Crippen LogP contribution < -0.4 is 5.73 Å². The fourth-order valence-corrected chi connectivity index (χ4v) is 1.28. The Balaban J connectivity index is 2.91. The maximum Gasteiger partial charge on any atom is 0.256 e. The Hall–Kier alpha value is -1.43. The number of aromatic nitrogens is 1. The van der Waals surface area contributed by atoms with Gasteiger partial charge in [-0.25, -0.2) is 13.8 Å². The van der Waals surface area contributed by atoms with Crippen molar-refractivity contribution in [2.24, 2.45) is 0 Å². The molecule has 0 saturated heterocycles. The molecule has 4 nitrogen and oxygen atoms in total. The number of amides is 1. The molecule has 88 valence electrons. The second-order valence-corrected chi connectivity index (χ2v) is 3.56. The van der Waals surface area contributed by atoms with Gasteiger partial charge in [-0.1, -0.05) is 11.6 Å². The molecule has 0 radical (unpaired) electrons. The van der Waals surface area contributed by atoms with Crippen LogP contribution in [0, 0.1) is 0 Å². The molecule has 0 aliphatic rings. The molecular formula is C9H10ClF2N3O. The van der Waals surface area contributed by atoms with Crippen LogP contribution >= 0.6 is 11.6 Å². The van der Waals surface area contributed by atoms with Gasteiger partial charge >= 0.3 is 0 Å². The molecule has 0 aliphatic heterocycles. The molecule has 1 heterocycles. The van der Waals surface area contributed by atoms with Crippen molar-refractivity contribution < 1.29 is 13.6 Å². The van der Waals surface area contributed by atoms with Crippen LogP contribution in [0.1, 0.15) is 10.4 Å². The second-order valence-electron chi connectivity index (χ2n) is 3.17. The van der Waals surface area contributed by atoms with Crippen molar-refractivity contribution in [2.45, 2.75) is 6.43 Å². The van der Waals surface area contributed by atoms with E-state index in [0.29, 0.717) is 0 Å². The molecule has 1 rings (SSSR count). The SMILES string of the molecule is CN(CC(F)F)C(=O)c1cc(Cl)ncc1N. The first-order valence-corrected chi connectivity index (χ1v) is 4.74. The number of hydrogen-bond acceptors (Lipinski definition) is 3. The zero-order valence-electron chi connectivity index (χ0n) is 8.45. The van der Waals surface area contributed by atoms with Crippen LogP contribution in [0.4, 0.5) is 14.5 Å². The van der Waals surface area contributed by atoms with Gasteiger partial charge in [-0.15, -0.1) is 0 Å². The van der Waals surface area contributed by atoms with Crippen molar-refractivity contribution >= 4 is 23.2 Å². The third-order valence-electron chi connectivity index (χ3n) is 1.89.